The van der Waals surface area contributed by atoms with Gasteiger partial charge in [0.1, 0.15) is 5.56 Å². The summed E-state index contributed by atoms with van der Waals surface area (Å²) in [6.07, 6.45) is 3.23. The van der Waals surface area contributed by atoms with Gasteiger partial charge in [-0.1, -0.05) is 6.92 Å². The summed E-state index contributed by atoms with van der Waals surface area (Å²) in [6.45, 7) is 2.57. The highest BCUT2D eigenvalue weighted by atomic mass is 16.5. The minimum Gasteiger partial charge on any atom is -0.465 e. The summed E-state index contributed by atoms with van der Waals surface area (Å²) in [5, 5.41) is 0. The molecule has 1 aromatic rings. The van der Waals surface area contributed by atoms with E-state index in [1.165, 1.54) is 13.2 Å². The minimum atomic E-state index is -0.601. The molecule has 0 amide bonds. The second kappa shape index (κ2) is 6.96. The van der Waals surface area contributed by atoms with Gasteiger partial charge in [0, 0.05) is 26.0 Å². The van der Waals surface area contributed by atoms with Crippen LogP contribution in [0.4, 0.5) is 0 Å². The third-order valence-corrected chi connectivity index (χ3v) is 2.90. The summed E-state index contributed by atoms with van der Waals surface area (Å²) in [4.78, 5) is 23.6. The van der Waals surface area contributed by atoms with Crippen LogP contribution >= 0.6 is 0 Å². The van der Waals surface area contributed by atoms with E-state index < -0.39 is 5.97 Å². The molecule has 1 aromatic heterocycles. The van der Waals surface area contributed by atoms with Crippen molar-refractivity contribution in [2.45, 2.75) is 25.8 Å². The van der Waals surface area contributed by atoms with Crippen molar-refractivity contribution in [3.05, 3.63) is 34.2 Å². The number of pyridine rings is 1. The van der Waals surface area contributed by atoms with E-state index >= 15 is 0 Å². The molecule has 0 saturated heterocycles. The van der Waals surface area contributed by atoms with E-state index in [-0.39, 0.29) is 17.2 Å². The molecular weight excluding hydrogens is 234 g/mol. The van der Waals surface area contributed by atoms with Gasteiger partial charge in [-0.2, -0.15) is 0 Å². The molecule has 0 radical (unpaired) electrons. The number of hydrogen-bond acceptors (Lipinski definition) is 4. The van der Waals surface area contributed by atoms with Crippen LogP contribution in [0, 0.1) is 0 Å². The third-order valence-electron chi connectivity index (χ3n) is 2.90. The molecule has 0 N–H and O–H groups in total. The molecule has 0 saturated carbocycles. The highest BCUT2D eigenvalue weighted by molar-refractivity contribution is 5.88. The van der Waals surface area contributed by atoms with E-state index in [2.05, 4.69) is 4.74 Å². The molecule has 0 aliphatic rings. The van der Waals surface area contributed by atoms with Gasteiger partial charge in [-0.15, -0.1) is 0 Å². The molecule has 100 valence electrons. The lowest BCUT2D eigenvalue weighted by atomic mass is 10.1. The fourth-order valence-corrected chi connectivity index (χ4v) is 1.86. The molecule has 1 rings (SSSR count). The van der Waals surface area contributed by atoms with Gasteiger partial charge in [0.2, 0.25) is 0 Å². The van der Waals surface area contributed by atoms with Crippen molar-refractivity contribution in [3.8, 4) is 0 Å². The Balaban J connectivity index is 3.08. The van der Waals surface area contributed by atoms with Crippen molar-refractivity contribution in [1.29, 1.82) is 0 Å². The van der Waals surface area contributed by atoms with Crippen LogP contribution in [0.2, 0.25) is 0 Å². The van der Waals surface area contributed by atoms with Crippen molar-refractivity contribution >= 4 is 5.97 Å². The maximum Gasteiger partial charge on any atom is 0.343 e. The number of aromatic nitrogens is 1. The van der Waals surface area contributed by atoms with Crippen LogP contribution in [0.25, 0.3) is 0 Å². The summed E-state index contributed by atoms with van der Waals surface area (Å²) >= 11 is 0. The van der Waals surface area contributed by atoms with Crippen molar-refractivity contribution in [1.82, 2.24) is 4.57 Å². The normalized spacial score (nSPS) is 12.2. The Morgan fingerprint density at radius 2 is 2.17 bits per heavy atom. The second-order valence-corrected chi connectivity index (χ2v) is 3.97. The van der Waals surface area contributed by atoms with Gasteiger partial charge in [0.05, 0.1) is 7.11 Å². The van der Waals surface area contributed by atoms with Crippen LogP contribution in [0.5, 0.6) is 0 Å². The van der Waals surface area contributed by atoms with Gasteiger partial charge in [0.25, 0.3) is 5.56 Å². The van der Waals surface area contributed by atoms with Crippen molar-refractivity contribution in [2.75, 3.05) is 20.8 Å². The van der Waals surface area contributed by atoms with Gasteiger partial charge < -0.3 is 14.0 Å². The van der Waals surface area contributed by atoms with Crippen LogP contribution in [0.1, 0.15) is 36.2 Å². The fraction of sp³-hybridized carbons (Fsp3) is 0.538. The number of carbonyl (C=O) groups excluding carboxylic acids is 1. The Bertz CT molecular complexity index is 453. The molecule has 1 unspecified atom stereocenters. The van der Waals surface area contributed by atoms with Crippen LogP contribution in [-0.2, 0) is 9.47 Å². The summed E-state index contributed by atoms with van der Waals surface area (Å²) in [5.74, 6) is -0.601. The number of esters is 1. The molecule has 0 fully saturated rings. The molecule has 0 aliphatic carbocycles. The molecule has 1 atom stereocenters. The molecule has 0 bridgehead atoms. The average Bonchev–Trinajstić information content (AvgIpc) is 2.40. The first-order valence-electron chi connectivity index (χ1n) is 5.94. The third kappa shape index (κ3) is 3.20. The topological polar surface area (TPSA) is 57.5 Å². The molecule has 1 heterocycles. The smallest absolute Gasteiger partial charge is 0.343 e. The summed E-state index contributed by atoms with van der Waals surface area (Å²) in [5.41, 5.74) is -0.247. The monoisotopic (exact) mass is 253 g/mol. The van der Waals surface area contributed by atoms with Gasteiger partial charge >= 0.3 is 5.97 Å². The Kier molecular flexibility index (Phi) is 5.58. The van der Waals surface area contributed by atoms with Crippen molar-refractivity contribution in [2.24, 2.45) is 0 Å². The first-order chi connectivity index (χ1) is 8.65. The van der Waals surface area contributed by atoms with Gasteiger partial charge in [0.15, 0.2) is 0 Å². The zero-order chi connectivity index (χ0) is 13.5. The SMILES string of the molecule is CCC(CCOC)n1cccc(C(=O)OC)c1=O. The Morgan fingerprint density at radius 1 is 1.44 bits per heavy atom. The first kappa shape index (κ1) is 14.4. The maximum absolute atomic E-state index is 12.2. The van der Waals surface area contributed by atoms with Gasteiger partial charge in [-0.3, -0.25) is 4.79 Å². The zero-order valence-corrected chi connectivity index (χ0v) is 11.0. The number of hydrogen-bond donors (Lipinski definition) is 0. The van der Waals surface area contributed by atoms with E-state index in [0.29, 0.717) is 6.61 Å². The van der Waals surface area contributed by atoms with E-state index in [4.69, 9.17) is 4.74 Å². The van der Waals surface area contributed by atoms with Crippen molar-refractivity contribution < 1.29 is 14.3 Å². The number of nitrogens with zero attached hydrogens (tertiary/aromatic N) is 1. The van der Waals surface area contributed by atoms with Crippen LogP contribution in [-0.4, -0.2) is 31.4 Å². The molecule has 5 heteroatoms. The molecule has 0 aromatic carbocycles. The van der Waals surface area contributed by atoms with Crippen LogP contribution in [0.3, 0.4) is 0 Å². The Morgan fingerprint density at radius 3 is 2.72 bits per heavy atom. The highest BCUT2D eigenvalue weighted by Gasteiger charge is 2.16. The minimum absolute atomic E-state index is 0.0297. The predicted octanol–water partition coefficient (Wildman–Crippen LogP) is 1.62. The molecule has 0 aliphatic heterocycles. The summed E-state index contributed by atoms with van der Waals surface area (Å²) in [6, 6.07) is 3.19. The lowest BCUT2D eigenvalue weighted by molar-refractivity contribution is 0.0597. The van der Waals surface area contributed by atoms with E-state index in [9.17, 15) is 9.59 Å². The van der Waals surface area contributed by atoms with E-state index in [1.807, 2.05) is 6.92 Å². The van der Waals surface area contributed by atoms with Crippen LogP contribution < -0.4 is 5.56 Å². The highest BCUT2D eigenvalue weighted by Crippen LogP contribution is 2.13. The Labute approximate surface area is 106 Å². The number of ether oxygens (including phenoxy) is 2. The predicted molar refractivity (Wildman–Crippen MR) is 67.9 cm³/mol. The zero-order valence-electron chi connectivity index (χ0n) is 11.0. The van der Waals surface area contributed by atoms with Gasteiger partial charge in [-0.05, 0) is 25.0 Å². The summed E-state index contributed by atoms with van der Waals surface area (Å²) in [7, 11) is 2.89. The largest absolute Gasteiger partial charge is 0.465 e. The molecule has 18 heavy (non-hydrogen) atoms. The van der Waals surface area contributed by atoms with Crippen molar-refractivity contribution in [3.63, 3.8) is 0 Å². The lowest BCUT2D eigenvalue weighted by Gasteiger charge is -2.18. The Hall–Kier alpha value is -1.62. The standard InChI is InChI=1S/C13H19NO4/c1-4-10(7-9-17-2)14-8-5-6-11(12(14)15)13(16)18-3/h5-6,8,10H,4,7,9H2,1-3H3. The first-order valence-corrected chi connectivity index (χ1v) is 5.94. The van der Waals surface area contributed by atoms with E-state index in [1.54, 1.807) is 23.9 Å². The maximum atomic E-state index is 12.2. The molecule has 5 nitrogen and oxygen atoms in total. The van der Waals surface area contributed by atoms with E-state index in [0.717, 1.165) is 12.8 Å². The van der Waals surface area contributed by atoms with Gasteiger partial charge in [-0.25, -0.2) is 4.79 Å². The van der Waals surface area contributed by atoms with Crippen LogP contribution in [0.15, 0.2) is 23.1 Å². The lowest BCUT2D eigenvalue weighted by Crippen LogP contribution is -2.29. The molecule has 0 spiro atoms. The fourth-order valence-electron chi connectivity index (χ4n) is 1.86. The number of rotatable bonds is 6. The quantitative estimate of drug-likeness (QED) is 0.723. The summed E-state index contributed by atoms with van der Waals surface area (Å²) < 4.78 is 11.2. The number of carbonyl (C=O) groups is 1. The average molecular weight is 253 g/mol. The second-order valence-electron chi connectivity index (χ2n) is 3.97. The number of methoxy groups -OCH3 is 2. The molecular formula is C13H19NO4.